The fourth-order valence-corrected chi connectivity index (χ4v) is 3.43. The van der Waals surface area contributed by atoms with Crippen molar-refractivity contribution in [2.24, 2.45) is 5.92 Å². The lowest BCUT2D eigenvalue weighted by Gasteiger charge is -2.29. The smallest absolute Gasteiger partial charge is 0.228 e. The van der Waals surface area contributed by atoms with Gasteiger partial charge in [0, 0.05) is 32.1 Å². The van der Waals surface area contributed by atoms with Gasteiger partial charge in [-0.1, -0.05) is 42.5 Å². The van der Waals surface area contributed by atoms with Gasteiger partial charge < -0.3 is 9.80 Å². The molecule has 0 bridgehead atoms. The van der Waals surface area contributed by atoms with E-state index in [0.29, 0.717) is 19.6 Å². The van der Waals surface area contributed by atoms with Crippen molar-refractivity contribution in [2.45, 2.75) is 39.4 Å². The second-order valence-corrected chi connectivity index (χ2v) is 7.35. The van der Waals surface area contributed by atoms with Crippen LogP contribution >= 0.6 is 0 Å². The third-order valence-corrected chi connectivity index (χ3v) is 4.95. The van der Waals surface area contributed by atoms with Gasteiger partial charge in [-0.05, 0) is 37.1 Å². The van der Waals surface area contributed by atoms with Crippen LogP contribution in [0.15, 0.2) is 54.6 Å². The lowest BCUT2D eigenvalue weighted by Crippen LogP contribution is -2.41. The number of hydrogen-bond acceptors (Lipinski definition) is 2. The summed E-state index contributed by atoms with van der Waals surface area (Å²) in [6.07, 6.45) is 0.234. The SMILES string of the molecule is CC(C)N(Cc1ccccc1)C(=O)C1CC(=O)N(Cc2ccc(F)cc2)C1. The van der Waals surface area contributed by atoms with Gasteiger partial charge in [-0.15, -0.1) is 0 Å². The van der Waals surface area contributed by atoms with Crippen molar-refractivity contribution in [1.82, 2.24) is 9.80 Å². The molecular weight excluding hydrogens is 343 g/mol. The number of rotatable bonds is 6. The average Bonchev–Trinajstić information content (AvgIpc) is 3.02. The van der Waals surface area contributed by atoms with Gasteiger partial charge in [0.25, 0.3) is 0 Å². The van der Waals surface area contributed by atoms with Gasteiger partial charge >= 0.3 is 0 Å². The minimum absolute atomic E-state index is 0.0174. The second-order valence-electron chi connectivity index (χ2n) is 7.35. The molecule has 0 N–H and O–H groups in total. The molecule has 1 atom stereocenters. The Balaban J connectivity index is 1.66. The van der Waals surface area contributed by atoms with E-state index in [-0.39, 0.29) is 36.0 Å². The van der Waals surface area contributed by atoms with Gasteiger partial charge in [-0.25, -0.2) is 4.39 Å². The molecule has 1 aliphatic heterocycles. The number of carbonyl (C=O) groups excluding carboxylic acids is 2. The summed E-state index contributed by atoms with van der Waals surface area (Å²) in [5.41, 5.74) is 1.94. The Morgan fingerprint density at radius 3 is 2.41 bits per heavy atom. The standard InChI is InChI=1S/C22H25FN2O2/c1-16(2)25(14-17-6-4-3-5-7-17)22(27)19-12-21(26)24(15-19)13-18-8-10-20(23)11-9-18/h3-11,16,19H,12-15H2,1-2H3. The normalized spacial score (nSPS) is 16.8. The van der Waals surface area contributed by atoms with Crippen molar-refractivity contribution in [2.75, 3.05) is 6.54 Å². The van der Waals surface area contributed by atoms with E-state index < -0.39 is 0 Å². The Morgan fingerprint density at radius 2 is 1.78 bits per heavy atom. The van der Waals surface area contributed by atoms with Crippen molar-refractivity contribution in [3.05, 3.63) is 71.5 Å². The molecule has 2 amide bonds. The Labute approximate surface area is 159 Å². The molecule has 5 heteroatoms. The Hall–Kier alpha value is -2.69. The maximum atomic E-state index is 13.1. The zero-order valence-electron chi connectivity index (χ0n) is 15.8. The van der Waals surface area contributed by atoms with Gasteiger partial charge in [0.1, 0.15) is 5.82 Å². The highest BCUT2D eigenvalue weighted by atomic mass is 19.1. The summed E-state index contributed by atoms with van der Waals surface area (Å²) in [7, 11) is 0. The third-order valence-electron chi connectivity index (χ3n) is 4.95. The number of amides is 2. The van der Waals surface area contributed by atoms with Crippen LogP contribution in [0.25, 0.3) is 0 Å². The molecule has 1 heterocycles. The van der Waals surface area contributed by atoms with E-state index in [1.807, 2.05) is 49.1 Å². The highest BCUT2D eigenvalue weighted by Crippen LogP contribution is 2.24. The molecule has 0 aliphatic carbocycles. The minimum atomic E-state index is -0.330. The molecule has 4 nitrogen and oxygen atoms in total. The summed E-state index contributed by atoms with van der Waals surface area (Å²) < 4.78 is 13.1. The van der Waals surface area contributed by atoms with Gasteiger partial charge in [0.15, 0.2) is 0 Å². The molecule has 2 aromatic carbocycles. The molecule has 0 aromatic heterocycles. The van der Waals surface area contributed by atoms with E-state index in [2.05, 4.69) is 0 Å². The highest BCUT2D eigenvalue weighted by Gasteiger charge is 2.37. The highest BCUT2D eigenvalue weighted by molar-refractivity contribution is 5.89. The topological polar surface area (TPSA) is 40.6 Å². The van der Waals surface area contributed by atoms with Crippen LogP contribution in [0, 0.1) is 11.7 Å². The predicted molar refractivity (Wildman–Crippen MR) is 102 cm³/mol. The van der Waals surface area contributed by atoms with Crippen LogP contribution in [-0.2, 0) is 22.7 Å². The third kappa shape index (κ3) is 4.73. The maximum absolute atomic E-state index is 13.1. The Kier molecular flexibility index (Phi) is 5.89. The maximum Gasteiger partial charge on any atom is 0.228 e. The van der Waals surface area contributed by atoms with E-state index in [1.165, 1.54) is 12.1 Å². The van der Waals surface area contributed by atoms with Gasteiger partial charge in [0.05, 0.1) is 5.92 Å². The summed E-state index contributed by atoms with van der Waals surface area (Å²) in [6.45, 7) is 5.35. The number of benzene rings is 2. The van der Waals surface area contributed by atoms with Crippen LogP contribution in [0.2, 0.25) is 0 Å². The molecule has 1 unspecified atom stereocenters. The molecule has 142 valence electrons. The average molecular weight is 368 g/mol. The Bertz CT molecular complexity index is 790. The van der Waals surface area contributed by atoms with Crippen LogP contribution in [0.3, 0.4) is 0 Å². The molecule has 2 aromatic rings. The fourth-order valence-electron chi connectivity index (χ4n) is 3.43. The zero-order valence-corrected chi connectivity index (χ0v) is 15.8. The number of likely N-dealkylation sites (tertiary alicyclic amines) is 1. The van der Waals surface area contributed by atoms with E-state index in [1.54, 1.807) is 17.0 Å². The van der Waals surface area contributed by atoms with E-state index >= 15 is 0 Å². The van der Waals surface area contributed by atoms with Gasteiger partial charge in [-0.3, -0.25) is 9.59 Å². The van der Waals surface area contributed by atoms with Crippen molar-refractivity contribution in [3.8, 4) is 0 Å². The molecule has 1 aliphatic rings. The van der Waals surface area contributed by atoms with Crippen LogP contribution in [-0.4, -0.2) is 34.2 Å². The predicted octanol–water partition coefficient (Wildman–Crippen LogP) is 3.61. The monoisotopic (exact) mass is 368 g/mol. The second kappa shape index (κ2) is 8.33. The summed E-state index contributed by atoms with van der Waals surface area (Å²) in [5.74, 6) is -0.637. The van der Waals surface area contributed by atoms with Gasteiger partial charge in [0.2, 0.25) is 11.8 Å². The molecule has 3 rings (SSSR count). The molecule has 0 spiro atoms. The summed E-state index contributed by atoms with van der Waals surface area (Å²) in [4.78, 5) is 29.0. The van der Waals surface area contributed by atoms with E-state index in [9.17, 15) is 14.0 Å². The van der Waals surface area contributed by atoms with Crippen LogP contribution in [0.5, 0.6) is 0 Å². The first-order chi connectivity index (χ1) is 12.9. The largest absolute Gasteiger partial charge is 0.338 e. The lowest BCUT2D eigenvalue weighted by atomic mass is 10.1. The lowest BCUT2D eigenvalue weighted by molar-refractivity contribution is -0.138. The van der Waals surface area contributed by atoms with E-state index in [4.69, 9.17) is 0 Å². The molecule has 0 radical (unpaired) electrons. The first-order valence-corrected chi connectivity index (χ1v) is 9.30. The summed E-state index contributed by atoms with van der Waals surface area (Å²) >= 11 is 0. The number of carbonyl (C=O) groups is 2. The first kappa shape index (κ1) is 19.1. The first-order valence-electron chi connectivity index (χ1n) is 9.30. The molecular formula is C22H25FN2O2. The van der Waals surface area contributed by atoms with Crippen molar-refractivity contribution >= 4 is 11.8 Å². The number of hydrogen-bond donors (Lipinski definition) is 0. The van der Waals surface area contributed by atoms with Crippen LogP contribution < -0.4 is 0 Å². The van der Waals surface area contributed by atoms with Gasteiger partial charge in [-0.2, -0.15) is 0 Å². The van der Waals surface area contributed by atoms with Crippen molar-refractivity contribution < 1.29 is 14.0 Å². The molecule has 27 heavy (non-hydrogen) atoms. The number of nitrogens with zero attached hydrogens (tertiary/aromatic N) is 2. The molecule has 1 fully saturated rings. The summed E-state index contributed by atoms with van der Waals surface area (Å²) in [6, 6.07) is 16.1. The zero-order chi connectivity index (χ0) is 19.4. The number of halogens is 1. The quantitative estimate of drug-likeness (QED) is 0.781. The Morgan fingerprint density at radius 1 is 1.11 bits per heavy atom. The molecule has 0 saturated carbocycles. The molecule has 1 saturated heterocycles. The van der Waals surface area contributed by atoms with E-state index in [0.717, 1.165) is 11.1 Å². The summed E-state index contributed by atoms with van der Waals surface area (Å²) in [5, 5.41) is 0. The van der Waals surface area contributed by atoms with Crippen molar-refractivity contribution in [3.63, 3.8) is 0 Å². The van der Waals surface area contributed by atoms with Crippen LogP contribution in [0.1, 0.15) is 31.4 Å². The minimum Gasteiger partial charge on any atom is -0.338 e. The fraction of sp³-hybridized carbons (Fsp3) is 0.364. The van der Waals surface area contributed by atoms with Crippen LogP contribution in [0.4, 0.5) is 4.39 Å². The van der Waals surface area contributed by atoms with Crippen molar-refractivity contribution in [1.29, 1.82) is 0 Å².